The van der Waals surface area contributed by atoms with Crippen molar-refractivity contribution in [1.29, 1.82) is 5.26 Å². The summed E-state index contributed by atoms with van der Waals surface area (Å²) in [4.78, 5) is 30.1. The molecule has 3 aromatic carbocycles. The van der Waals surface area contributed by atoms with Crippen molar-refractivity contribution in [2.75, 3.05) is 6.61 Å². The van der Waals surface area contributed by atoms with Gasteiger partial charge < -0.3 is 9.47 Å². The molecule has 0 bridgehead atoms. The van der Waals surface area contributed by atoms with E-state index >= 15 is 0 Å². The van der Waals surface area contributed by atoms with Crippen molar-refractivity contribution in [3.8, 4) is 11.8 Å². The number of carbonyl (C=O) groups is 1. The molecule has 1 atom stereocenters. The summed E-state index contributed by atoms with van der Waals surface area (Å²) in [5, 5.41) is 9.59. The maximum absolute atomic E-state index is 14.2. The van der Waals surface area contributed by atoms with E-state index in [0.29, 0.717) is 21.9 Å². The van der Waals surface area contributed by atoms with Gasteiger partial charge in [-0.2, -0.15) is 18.4 Å². The van der Waals surface area contributed by atoms with Crippen LogP contribution in [0.3, 0.4) is 0 Å². The van der Waals surface area contributed by atoms with Gasteiger partial charge in [0.2, 0.25) is 0 Å². The van der Waals surface area contributed by atoms with Crippen molar-refractivity contribution in [2.24, 2.45) is 4.99 Å². The first-order valence-electron chi connectivity index (χ1n) is 12.9. The normalized spacial score (nSPS) is 15.0. The number of hydrogen-bond donors (Lipinski definition) is 0. The topological polar surface area (TPSA) is 93.7 Å². The van der Waals surface area contributed by atoms with Crippen molar-refractivity contribution in [2.45, 2.75) is 25.7 Å². The number of rotatable bonds is 7. The molecule has 0 saturated heterocycles. The smallest absolute Gasteiger partial charge is 0.434 e. The number of fused-ring (bicyclic) bond motifs is 1. The van der Waals surface area contributed by atoms with Gasteiger partial charge in [0.15, 0.2) is 10.5 Å². The van der Waals surface area contributed by atoms with Gasteiger partial charge in [-0.25, -0.2) is 9.79 Å². The lowest BCUT2D eigenvalue weighted by Crippen LogP contribution is -2.41. The maximum Gasteiger partial charge on any atom is 0.434 e. The number of aromatic nitrogens is 1. The fourth-order valence-electron chi connectivity index (χ4n) is 4.53. The molecule has 0 aliphatic carbocycles. The standard InChI is InChI=1S/C31H21ClF3N3O4S/c1-2-41-29(40)25-26(19-9-11-22(32)12-10-19)38-28(39)24(43-30(38)37-27(25)31(33,34)35)15-18-7-13-23(14-8-18)42-17-21-6-4-3-5-20(21)16-36/h3-15,26H,2,17H2,1H3/b24-15-/t26-/m1/s1. The van der Waals surface area contributed by atoms with Gasteiger partial charge in [-0.05, 0) is 54.5 Å². The molecule has 0 amide bonds. The molecule has 0 spiro atoms. The largest absolute Gasteiger partial charge is 0.489 e. The number of nitrogens with zero attached hydrogens (tertiary/aromatic N) is 3. The fourth-order valence-corrected chi connectivity index (χ4v) is 5.66. The summed E-state index contributed by atoms with van der Waals surface area (Å²) >= 11 is 6.78. The SMILES string of the molecule is CCOC(=O)C1=C(C(F)(F)F)N=c2s/c(=C\c3ccc(OCc4ccccc4C#N)cc3)c(=O)n2[C@@H]1c1ccc(Cl)cc1. The Bertz CT molecular complexity index is 1940. The molecular weight excluding hydrogens is 603 g/mol. The van der Waals surface area contributed by atoms with Gasteiger partial charge in [-0.3, -0.25) is 9.36 Å². The highest BCUT2D eigenvalue weighted by Crippen LogP contribution is 2.38. The lowest BCUT2D eigenvalue weighted by molar-refractivity contribution is -0.140. The molecule has 1 aromatic heterocycles. The Balaban J connectivity index is 1.56. The zero-order valence-corrected chi connectivity index (χ0v) is 24.0. The molecule has 4 aromatic rings. The van der Waals surface area contributed by atoms with Crippen LogP contribution < -0.4 is 19.6 Å². The number of thiazole rings is 1. The molecule has 2 heterocycles. The number of carbonyl (C=O) groups excluding carboxylic acids is 1. The van der Waals surface area contributed by atoms with Crippen molar-refractivity contribution < 1.29 is 27.4 Å². The summed E-state index contributed by atoms with van der Waals surface area (Å²) in [6, 6.07) is 20.3. The Morgan fingerprint density at radius 3 is 2.47 bits per heavy atom. The van der Waals surface area contributed by atoms with Gasteiger partial charge in [-0.15, -0.1) is 0 Å². The van der Waals surface area contributed by atoms with Crippen molar-refractivity contribution in [3.63, 3.8) is 0 Å². The first-order valence-corrected chi connectivity index (χ1v) is 14.1. The second kappa shape index (κ2) is 12.3. The Morgan fingerprint density at radius 2 is 1.81 bits per heavy atom. The lowest BCUT2D eigenvalue weighted by Gasteiger charge is -2.26. The van der Waals surface area contributed by atoms with Crippen LogP contribution >= 0.6 is 22.9 Å². The predicted molar refractivity (Wildman–Crippen MR) is 154 cm³/mol. The van der Waals surface area contributed by atoms with Crippen LogP contribution in [0.25, 0.3) is 6.08 Å². The van der Waals surface area contributed by atoms with E-state index in [-0.39, 0.29) is 28.1 Å². The number of ether oxygens (including phenoxy) is 2. The molecule has 0 radical (unpaired) electrons. The second-order valence-corrected chi connectivity index (χ2v) is 10.7. The Labute approximate surface area is 252 Å². The van der Waals surface area contributed by atoms with Crippen molar-refractivity contribution in [1.82, 2.24) is 4.57 Å². The van der Waals surface area contributed by atoms with E-state index in [4.69, 9.17) is 21.1 Å². The quantitative estimate of drug-likeness (QED) is 0.256. The van der Waals surface area contributed by atoms with E-state index in [0.717, 1.165) is 21.5 Å². The van der Waals surface area contributed by atoms with Crippen LogP contribution in [-0.4, -0.2) is 23.3 Å². The van der Waals surface area contributed by atoms with Crippen LogP contribution in [0.5, 0.6) is 5.75 Å². The average molecular weight is 624 g/mol. The molecule has 7 nitrogen and oxygen atoms in total. The lowest BCUT2D eigenvalue weighted by atomic mass is 9.95. The van der Waals surface area contributed by atoms with E-state index in [2.05, 4.69) is 11.1 Å². The number of esters is 1. The van der Waals surface area contributed by atoms with Gasteiger partial charge >= 0.3 is 12.1 Å². The number of hydrogen-bond acceptors (Lipinski definition) is 7. The molecule has 5 rings (SSSR count). The summed E-state index contributed by atoms with van der Waals surface area (Å²) in [7, 11) is 0. The van der Waals surface area contributed by atoms with E-state index < -0.39 is 35.0 Å². The van der Waals surface area contributed by atoms with Crippen LogP contribution in [0.2, 0.25) is 5.02 Å². The second-order valence-electron chi connectivity index (χ2n) is 9.24. The molecule has 1 aliphatic heterocycles. The number of benzene rings is 3. The first kappa shape index (κ1) is 29.8. The van der Waals surface area contributed by atoms with E-state index in [1.165, 1.54) is 37.3 Å². The fraction of sp³-hybridized carbons (Fsp3) is 0.161. The third-order valence-corrected chi connectivity index (χ3v) is 7.73. The maximum atomic E-state index is 14.2. The molecule has 12 heteroatoms. The van der Waals surface area contributed by atoms with Crippen LogP contribution in [-0.2, 0) is 16.1 Å². The van der Waals surface area contributed by atoms with Crippen LogP contribution in [0.4, 0.5) is 13.2 Å². The molecule has 0 N–H and O–H groups in total. The predicted octanol–water partition coefficient (Wildman–Crippen LogP) is 5.44. The van der Waals surface area contributed by atoms with E-state index in [9.17, 15) is 28.0 Å². The van der Waals surface area contributed by atoms with Gasteiger partial charge in [0.05, 0.1) is 34.4 Å². The van der Waals surface area contributed by atoms with Gasteiger partial charge in [0.1, 0.15) is 12.4 Å². The van der Waals surface area contributed by atoms with Gasteiger partial charge in [0.25, 0.3) is 5.56 Å². The van der Waals surface area contributed by atoms with Crippen molar-refractivity contribution >= 4 is 35.0 Å². The number of allylic oxidation sites excluding steroid dienone is 1. The highest BCUT2D eigenvalue weighted by molar-refractivity contribution is 7.07. The third-order valence-electron chi connectivity index (χ3n) is 6.49. The summed E-state index contributed by atoms with van der Waals surface area (Å²) in [6.07, 6.45) is -3.47. The average Bonchev–Trinajstić information content (AvgIpc) is 3.30. The molecular formula is C31H21ClF3N3O4S. The third kappa shape index (κ3) is 6.26. The number of halogens is 4. The summed E-state index contributed by atoms with van der Waals surface area (Å²) < 4.78 is 54.7. The first-order chi connectivity index (χ1) is 20.6. The highest BCUT2D eigenvalue weighted by Gasteiger charge is 2.45. The number of alkyl halides is 3. The van der Waals surface area contributed by atoms with Gasteiger partial charge in [0, 0.05) is 10.6 Å². The zero-order chi connectivity index (χ0) is 30.7. The monoisotopic (exact) mass is 623 g/mol. The molecule has 0 unspecified atom stereocenters. The molecule has 1 aliphatic rings. The van der Waals surface area contributed by atoms with Gasteiger partial charge in [-0.1, -0.05) is 65.4 Å². The summed E-state index contributed by atoms with van der Waals surface area (Å²) in [5.41, 5.74) is -0.777. The molecule has 0 fully saturated rings. The van der Waals surface area contributed by atoms with E-state index in [1.54, 1.807) is 42.5 Å². The molecule has 0 saturated carbocycles. The van der Waals surface area contributed by atoms with Crippen LogP contribution in [0, 0.1) is 11.3 Å². The minimum Gasteiger partial charge on any atom is -0.489 e. The molecule has 218 valence electrons. The van der Waals surface area contributed by atoms with Crippen LogP contribution in [0.15, 0.2) is 93.9 Å². The Hall–Kier alpha value is -4.66. The van der Waals surface area contributed by atoms with Crippen molar-refractivity contribution in [3.05, 3.63) is 131 Å². The highest BCUT2D eigenvalue weighted by atomic mass is 35.5. The summed E-state index contributed by atoms with van der Waals surface area (Å²) in [6.45, 7) is 1.48. The van der Waals surface area contributed by atoms with E-state index in [1.807, 2.05) is 6.07 Å². The minimum atomic E-state index is -4.99. The van der Waals surface area contributed by atoms with Crippen LogP contribution in [0.1, 0.15) is 35.2 Å². The Kier molecular flexibility index (Phi) is 8.52. The molecule has 43 heavy (non-hydrogen) atoms. The zero-order valence-electron chi connectivity index (χ0n) is 22.4. The number of nitriles is 1. The Morgan fingerprint density at radius 1 is 1.12 bits per heavy atom. The minimum absolute atomic E-state index is 0.112. The summed E-state index contributed by atoms with van der Waals surface area (Å²) in [5.74, 6) is -0.705.